The van der Waals surface area contributed by atoms with Crippen LogP contribution < -0.4 is 5.32 Å². The Morgan fingerprint density at radius 2 is 1.80 bits per heavy atom. The van der Waals surface area contributed by atoms with Crippen molar-refractivity contribution < 1.29 is 29.0 Å². The van der Waals surface area contributed by atoms with E-state index in [1.54, 1.807) is 23.1 Å². The lowest BCUT2D eigenvalue weighted by Gasteiger charge is -2.57. The van der Waals surface area contributed by atoms with Gasteiger partial charge in [0.05, 0.1) is 17.7 Å². The lowest BCUT2D eigenvalue weighted by Crippen LogP contribution is -2.70. The summed E-state index contributed by atoms with van der Waals surface area (Å²) in [5.41, 5.74) is 1.74. The summed E-state index contributed by atoms with van der Waals surface area (Å²) < 4.78 is 12.0. The summed E-state index contributed by atoms with van der Waals surface area (Å²) >= 11 is 3.32. The molecule has 2 N–H and O–H groups in total. The molecule has 0 unspecified atom stereocenters. The van der Waals surface area contributed by atoms with Gasteiger partial charge < -0.3 is 29.6 Å². The Labute approximate surface area is 272 Å². The van der Waals surface area contributed by atoms with Crippen molar-refractivity contribution in [3.63, 3.8) is 0 Å². The molecule has 2 aromatic rings. The number of morpholine rings is 1. The number of hydrogen-bond acceptors (Lipinski definition) is 8. The van der Waals surface area contributed by atoms with Crippen molar-refractivity contribution in [2.75, 3.05) is 57.8 Å². The number of carbonyl (C=O) groups excluding carboxylic acids is 3. The first-order valence-corrected chi connectivity index (χ1v) is 16.7. The molecule has 6 rings (SSSR count). The first kappa shape index (κ1) is 31.8. The molecule has 4 aliphatic rings. The van der Waals surface area contributed by atoms with Gasteiger partial charge in [0, 0.05) is 69.9 Å². The van der Waals surface area contributed by atoms with Crippen molar-refractivity contribution in [1.82, 2.24) is 19.6 Å². The monoisotopic (exact) mass is 683 g/mol. The van der Waals surface area contributed by atoms with E-state index in [2.05, 4.69) is 31.0 Å². The number of amides is 3. The number of likely N-dealkylation sites (tertiary alicyclic amines) is 2. The van der Waals surface area contributed by atoms with Crippen LogP contribution in [0.4, 0.5) is 15.3 Å². The van der Waals surface area contributed by atoms with E-state index >= 15 is 0 Å². The number of hydrogen-bond donors (Lipinski definition) is 2. The van der Waals surface area contributed by atoms with Gasteiger partial charge in [-0.15, -0.1) is 0 Å². The third kappa shape index (κ3) is 6.84. The highest BCUT2D eigenvalue weighted by Crippen LogP contribution is 2.40. The summed E-state index contributed by atoms with van der Waals surface area (Å²) in [5, 5.41) is 13.0. The number of para-hydroxylation sites is 1. The zero-order chi connectivity index (χ0) is 31.4. The van der Waals surface area contributed by atoms with Gasteiger partial charge in [-0.05, 0) is 70.9 Å². The number of aldehydes is 1. The predicted molar refractivity (Wildman–Crippen MR) is 172 cm³/mol. The summed E-state index contributed by atoms with van der Waals surface area (Å²) in [4.78, 5) is 48.3. The van der Waals surface area contributed by atoms with Crippen molar-refractivity contribution in [3.05, 3.63) is 58.1 Å². The number of nitrogens with zero attached hydrogens (tertiary/aromatic N) is 4. The highest BCUT2D eigenvalue weighted by molar-refractivity contribution is 9.10. The molecule has 0 saturated carbocycles. The molecule has 0 aromatic heterocycles. The molecule has 0 spiro atoms. The Bertz CT molecular complexity index is 1380. The topological polar surface area (TPSA) is 115 Å². The van der Waals surface area contributed by atoms with Crippen LogP contribution in [0.5, 0.6) is 5.75 Å². The van der Waals surface area contributed by atoms with Crippen LogP contribution in [0, 0.1) is 0 Å². The minimum atomic E-state index is -0.924. The highest BCUT2D eigenvalue weighted by atomic mass is 79.9. The summed E-state index contributed by atoms with van der Waals surface area (Å²) in [6.07, 6.45) is 4.16. The molecule has 0 aliphatic carbocycles. The van der Waals surface area contributed by atoms with Crippen molar-refractivity contribution >= 4 is 40.0 Å². The van der Waals surface area contributed by atoms with Gasteiger partial charge in [0.1, 0.15) is 24.3 Å². The number of fused-ring (bicyclic) bond motifs is 1. The van der Waals surface area contributed by atoms with E-state index in [1.165, 1.54) is 0 Å². The number of piperidine rings is 2. The summed E-state index contributed by atoms with van der Waals surface area (Å²) in [6, 6.07) is 13.0. The van der Waals surface area contributed by atoms with E-state index in [4.69, 9.17) is 9.47 Å². The van der Waals surface area contributed by atoms with Gasteiger partial charge in [-0.1, -0.05) is 24.3 Å². The Kier molecular flexibility index (Phi) is 9.93. The maximum atomic E-state index is 13.9. The zero-order valence-corrected chi connectivity index (χ0v) is 27.1. The van der Waals surface area contributed by atoms with Gasteiger partial charge >= 0.3 is 12.1 Å². The molecule has 2 aromatic carbocycles. The number of aromatic hydroxyl groups is 1. The maximum Gasteiger partial charge on any atom is 0.411 e. The van der Waals surface area contributed by atoms with Crippen molar-refractivity contribution in [2.24, 2.45) is 0 Å². The molecule has 242 valence electrons. The van der Waals surface area contributed by atoms with E-state index in [9.17, 15) is 19.5 Å². The van der Waals surface area contributed by atoms with Crippen LogP contribution in [-0.4, -0.2) is 113 Å². The average molecular weight is 685 g/mol. The largest absolute Gasteiger partial charge is 0.507 e. The van der Waals surface area contributed by atoms with E-state index in [1.807, 2.05) is 29.2 Å². The van der Waals surface area contributed by atoms with Gasteiger partial charge in [0.15, 0.2) is 0 Å². The third-order valence-corrected chi connectivity index (χ3v) is 10.6. The molecule has 4 aliphatic heterocycles. The molecule has 0 bridgehead atoms. The average Bonchev–Trinajstić information content (AvgIpc) is 3.23. The molecular weight excluding hydrogens is 642 g/mol. The number of nitrogens with one attached hydrogen (secondary N) is 1. The number of halogens is 1. The van der Waals surface area contributed by atoms with Crippen molar-refractivity contribution in [1.29, 1.82) is 0 Å². The highest BCUT2D eigenvalue weighted by Gasteiger charge is 2.52. The van der Waals surface area contributed by atoms with Crippen LogP contribution in [0.15, 0.2) is 46.9 Å². The molecule has 0 radical (unpaired) electrons. The molecule has 3 saturated heterocycles. The first-order valence-electron chi connectivity index (χ1n) is 16.0. The molecule has 2 atom stereocenters. The fourth-order valence-electron chi connectivity index (χ4n) is 7.55. The summed E-state index contributed by atoms with van der Waals surface area (Å²) in [6.45, 7) is 5.74. The van der Waals surface area contributed by atoms with E-state index in [-0.39, 0.29) is 30.9 Å². The minimum absolute atomic E-state index is 0.0285. The molecular formula is C33H42BrN5O6. The van der Waals surface area contributed by atoms with E-state index in [0.717, 1.165) is 81.8 Å². The first-order chi connectivity index (χ1) is 21.9. The molecule has 11 nitrogen and oxygen atoms in total. The van der Waals surface area contributed by atoms with Gasteiger partial charge in [0.25, 0.3) is 0 Å². The summed E-state index contributed by atoms with van der Waals surface area (Å²) in [7, 11) is 0. The van der Waals surface area contributed by atoms with Crippen LogP contribution in [-0.2, 0) is 27.3 Å². The van der Waals surface area contributed by atoms with E-state index in [0.29, 0.717) is 36.4 Å². The molecule has 45 heavy (non-hydrogen) atoms. The van der Waals surface area contributed by atoms with Gasteiger partial charge in [-0.25, -0.2) is 9.59 Å². The second kappa shape index (κ2) is 14.1. The van der Waals surface area contributed by atoms with E-state index < -0.39 is 11.8 Å². The number of phenolic OH excluding ortho intramolecular Hbond substituents is 1. The molecule has 12 heteroatoms. The van der Waals surface area contributed by atoms with Crippen LogP contribution in [0.1, 0.15) is 43.2 Å². The maximum absolute atomic E-state index is 13.9. The lowest BCUT2D eigenvalue weighted by molar-refractivity contribution is -0.129. The Hall–Kier alpha value is -3.19. The second-order valence-corrected chi connectivity index (χ2v) is 13.2. The number of benzene rings is 2. The van der Waals surface area contributed by atoms with Gasteiger partial charge in [-0.3, -0.25) is 14.7 Å². The molecule has 3 amide bonds. The normalized spacial score (nSPS) is 25.3. The third-order valence-electron chi connectivity index (χ3n) is 9.95. The van der Waals surface area contributed by atoms with Crippen LogP contribution >= 0.6 is 15.9 Å². The van der Waals surface area contributed by atoms with Crippen molar-refractivity contribution in [2.45, 2.75) is 62.9 Å². The van der Waals surface area contributed by atoms with Crippen LogP contribution in [0.3, 0.4) is 0 Å². The van der Waals surface area contributed by atoms with Crippen molar-refractivity contribution in [3.8, 4) is 5.75 Å². The minimum Gasteiger partial charge on any atom is -0.507 e. The van der Waals surface area contributed by atoms with Crippen LogP contribution in [0.2, 0.25) is 0 Å². The number of ether oxygens (including phenoxy) is 2. The van der Waals surface area contributed by atoms with Gasteiger partial charge in [0.2, 0.25) is 0 Å². The second-order valence-electron chi connectivity index (χ2n) is 12.4. The zero-order valence-electron chi connectivity index (χ0n) is 25.5. The lowest BCUT2D eigenvalue weighted by atomic mass is 9.84. The standard InChI is InChI=1S/C33H42BrN5O6/c34-28-21-24(5-6-30(28)41)23-45-32(43)39-15-10-27(38-14-7-25-3-1-2-4-29(25)35-31(38)42)22-33(39,11-18-40)37-12-8-26(9-13-37)36-16-19-44-20-17-36/h1-6,18,21,26-27,41H,7-17,19-20,22-23H2,(H,35,42)/t27-,33+/m1/s1. The predicted octanol–water partition coefficient (Wildman–Crippen LogP) is 4.43. The number of anilines is 1. The fourth-order valence-corrected chi connectivity index (χ4v) is 7.98. The molecule has 4 heterocycles. The Morgan fingerprint density at radius 3 is 2.56 bits per heavy atom. The number of phenols is 1. The Balaban J connectivity index is 1.24. The quantitative estimate of drug-likeness (QED) is 0.412. The smallest absolute Gasteiger partial charge is 0.411 e. The molecule has 3 fully saturated rings. The number of carbonyl (C=O) groups is 3. The number of urea groups is 1. The Morgan fingerprint density at radius 1 is 1.04 bits per heavy atom. The fraction of sp³-hybridized carbons (Fsp3) is 0.545. The van der Waals surface area contributed by atoms with Gasteiger partial charge in [-0.2, -0.15) is 0 Å². The number of rotatable bonds is 7. The summed E-state index contributed by atoms with van der Waals surface area (Å²) in [5.74, 6) is 0.110. The SMILES string of the molecule is O=CC[C@@]1(N2CCC(N3CCOCC3)CC2)C[C@H](N2CCc3ccccc3NC2=O)CCN1C(=O)OCc1ccc(O)c(Br)c1. The van der Waals surface area contributed by atoms with Crippen LogP contribution in [0.25, 0.3) is 0 Å².